The van der Waals surface area contributed by atoms with Crippen LogP contribution in [0.4, 0.5) is 5.69 Å². The summed E-state index contributed by atoms with van der Waals surface area (Å²) in [6.45, 7) is 6.47. The molecule has 0 fully saturated rings. The van der Waals surface area contributed by atoms with Gasteiger partial charge in [0.05, 0.1) is 5.25 Å². The number of nitrogens with one attached hydrogen (secondary N) is 2. The molecule has 0 atom stereocenters. The minimum atomic E-state index is -3.16. The van der Waals surface area contributed by atoms with Crippen LogP contribution in [0.2, 0.25) is 0 Å². The molecule has 2 rings (SSSR count). The van der Waals surface area contributed by atoms with Crippen LogP contribution in [0.1, 0.15) is 38.7 Å². The third-order valence-corrected chi connectivity index (χ3v) is 5.91. The Labute approximate surface area is 148 Å². The highest BCUT2D eigenvalue weighted by Gasteiger charge is 2.13. The fraction of sp³-hybridized carbons (Fsp3) is 0.500. The van der Waals surface area contributed by atoms with Crippen molar-refractivity contribution < 1.29 is 12.8 Å². The summed E-state index contributed by atoms with van der Waals surface area (Å²) in [4.78, 5) is 11.5. The lowest BCUT2D eigenvalue weighted by atomic mass is 10.1. The monoisotopic (exact) mass is 366 g/mol. The van der Waals surface area contributed by atoms with E-state index in [1.165, 1.54) is 6.07 Å². The van der Waals surface area contributed by atoms with Gasteiger partial charge in [-0.2, -0.15) is 0 Å². The minimum absolute atomic E-state index is 0.342. The summed E-state index contributed by atoms with van der Waals surface area (Å²) in [7, 11) is -3.16. The van der Waals surface area contributed by atoms with E-state index < -0.39 is 15.3 Å². The third kappa shape index (κ3) is 5.57. The second kappa shape index (κ2) is 8.49. The lowest BCUT2D eigenvalue weighted by Crippen LogP contribution is -2.31. The van der Waals surface area contributed by atoms with Crippen molar-refractivity contribution in [3.05, 3.63) is 40.2 Å². The molecule has 6 nitrogen and oxygen atoms in total. The molecular weight excluding hydrogens is 340 g/mol. The fourth-order valence-electron chi connectivity index (χ4n) is 2.48. The van der Waals surface area contributed by atoms with Crippen molar-refractivity contribution in [3.8, 4) is 0 Å². The number of sulfonamides is 1. The normalized spacial score (nSPS) is 12.0. The smallest absolute Gasteiger partial charge is 0.336 e. The first kappa shape index (κ1) is 19.5. The molecule has 1 aromatic heterocycles. The van der Waals surface area contributed by atoms with Crippen LogP contribution >= 0.6 is 0 Å². The van der Waals surface area contributed by atoms with Crippen molar-refractivity contribution in [2.45, 2.75) is 45.3 Å². The van der Waals surface area contributed by atoms with Gasteiger partial charge in [-0.15, -0.1) is 0 Å². The van der Waals surface area contributed by atoms with Crippen molar-refractivity contribution in [1.29, 1.82) is 0 Å². The summed E-state index contributed by atoms with van der Waals surface area (Å²) >= 11 is 0. The van der Waals surface area contributed by atoms with Crippen molar-refractivity contribution in [1.82, 2.24) is 4.72 Å². The van der Waals surface area contributed by atoms with Gasteiger partial charge in [-0.1, -0.05) is 6.42 Å². The second-order valence-corrected chi connectivity index (χ2v) is 8.76. The molecule has 25 heavy (non-hydrogen) atoms. The summed E-state index contributed by atoms with van der Waals surface area (Å²) in [5, 5.41) is 3.84. The molecule has 0 saturated carbocycles. The van der Waals surface area contributed by atoms with E-state index in [0.717, 1.165) is 42.4 Å². The van der Waals surface area contributed by atoms with Crippen molar-refractivity contribution in [3.63, 3.8) is 0 Å². The quantitative estimate of drug-likeness (QED) is 0.526. The van der Waals surface area contributed by atoms with E-state index in [-0.39, 0.29) is 5.63 Å². The molecular formula is C18H26N2O4S. The Bertz CT molecular complexity index is 872. The highest BCUT2D eigenvalue weighted by Crippen LogP contribution is 2.20. The Morgan fingerprint density at radius 2 is 1.80 bits per heavy atom. The molecule has 7 heteroatoms. The van der Waals surface area contributed by atoms with E-state index in [2.05, 4.69) is 10.0 Å². The van der Waals surface area contributed by atoms with Gasteiger partial charge in [0.1, 0.15) is 5.58 Å². The molecule has 0 aliphatic rings. The number of aryl methyl sites for hydroxylation is 1. The summed E-state index contributed by atoms with van der Waals surface area (Å²) < 4.78 is 31.0. The fourth-order valence-corrected chi connectivity index (χ4v) is 3.24. The number of rotatable bonds is 9. The van der Waals surface area contributed by atoms with Gasteiger partial charge in [0.2, 0.25) is 10.0 Å². The SMILES string of the molecule is Cc1cc(=O)oc2cc(NCCCCCNS(=O)(=O)C(C)C)ccc12. The zero-order valence-corrected chi connectivity index (χ0v) is 15.8. The molecule has 1 aromatic carbocycles. The maximum Gasteiger partial charge on any atom is 0.336 e. The molecule has 2 N–H and O–H groups in total. The van der Waals surface area contributed by atoms with Crippen molar-refractivity contribution in [2.24, 2.45) is 0 Å². The Hall–Kier alpha value is -1.86. The lowest BCUT2D eigenvalue weighted by Gasteiger charge is -2.10. The summed E-state index contributed by atoms with van der Waals surface area (Å²) in [6, 6.07) is 7.23. The van der Waals surface area contributed by atoms with Crippen LogP contribution in [0.25, 0.3) is 11.0 Å². The van der Waals surface area contributed by atoms with Gasteiger partial charge < -0.3 is 9.73 Å². The van der Waals surface area contributed by atoms with Gasteiger partial charge in [0.15, 0.2) is 0 Å². The molecule has 2 aromatic rings. The Kier molecular flexibility index (Phi) is 6.61. The van der Waals surface area contributed by atoms with Crippen molar-refractivity contribution >= 4 is 26.7 Å². The topological polar surface area (TPSA) is 88.4 Å². The van der Waals surface area contributed by atoms with Crippen molar-refractivity contribution in [2.75, 3.05) is 18.4 Å². The van der Waals surface area contributed by atoms with E-state index in [0.29, 0.717) is 12.1 Å². The van der Waals surface area contributed by atoms with Gasteiger partial charge in [-0.25, -0.2) is 17.9 Å². The van der Waals surface area contributed by atoms with Crippen LogP contribution in [-0.2, 0) is 10.0 Å². The Morgan fingerprint density at radius 1 is 1.08 bits per heavy atom. The van der Waals surface area contributed by atoms with Crippen LogP contribution in [0.3, 0.4) is 0 Å². The highest BCUT2D eigenvalue weighted by atomic mass is 32.2. The maximum absolute atomic E-state index is 11.6. The first-order valence-electron chi connectivity index (χ1n) is 8.56. The molecule has 0 amide bonds. The maximum atomic E-state index is 11.6. The van der Waals surface area contributed by atoms with E-state index in [1.54, 1.807) is 13.8 Å². The zero-order valence-electron chi connectivity index (χ0n) is 15.0. The molecule has 0 saturated heterocycles. The molecule has 1 heterocycles. The van der Waals surface area contributed by atoms with E-state index in [9.17, 15) is 13.2 Å². The Morgan fingerprint density at radius 3 is 2.52 bits per heavy atom. The second-order valence-electron chi connectivity index (χ2n) is 6.43. The first-order valence-corrected chi connectivity index (χ1v) is 10.1. The number of hydrogen-bond donors (Lipinski definition) is 2. The average molecular weight is 366 g/mol. The van der Waals surface area contributed by atoms with Crippen LogP contribution in [0.5, 0.6) is 0 Å². The van der Waals surface area contributed by atoms with Gasteiger partial charge >= 0.3 is 5.63 Å². The molecule has 0 radical (unpaired) electrons. The van der Waals surface area contributed by atoms with E-state index in [4.69, 9.17) is 4.42 Å². The standard InChI is InChI=1S/C18H26N2O4S/c1-13(2)25(22,23)20-10-6-4-5-9-19-15-7-8-16-14(3)11-18(21)24-17(16)12-15/h7-8,11-13,19-20H,4-6,9-10H2,1-3H3. The van der Waals surface area contributed by atoms with Gasteiger partial charge in [0, 0.05) is 36.3 Å². The highest BCUT2D eigenvalue weighted by molar-refractivity contribution is 7.90. The summed E-state index contributed by atoms with van der Waals surface area (Å²) in [5.41, 5.74) is 2.05. The molecule has 0 aliphatic heterocycles. The average Bonchev–Trinajstić information content (AvgIpc) is 2.53. The largest absolute Gasteiger partial charge is 0.423 e. The minimum Gasteiger partial charge on any atom is -0.423 e. The number of unbranched alkanes of at least 4 members (excludes halogenated alkanes) is 2. The number of benzene rings is 1. The lowest BCUT2D eigenvalue weighted by molar-refractivity contribution is 0.560. The molecule has 138 valence electrons. The first-order chi connectivity index (χ1) is 11.8. The Balaban J connectivity index is 1.75. The predicted molar refractivity (Wildman–Crippen MR) is 102 cm³/mol. The van der Waals surface area contributed by atoms with Crippen LogP contribution in [-0.4, -0.2) is 26.8 Å². The zero-order chi connectivity index (χ0) is 18.4. The number of hydrogen-bond acceptors (Lipinski definition) is 5. The summed E-state index contributed by atoms with van der Waals surface area (Å²) in [6.07, 6.45) is 2.66. The predicted octanol–water partition coefficient (Wildman–Crippen LogP) is 3.01. The van der Waals surface area contributed by atoms with Gasteiger partial charge in [-0.05, 0) is 51.3 Å². The van der Waals surface area contributed by atoms with E-state index in [1.807, 2.05) is 25.1 Å². The van der Waals surface area contributed by atoms with Gasteiger partial charge in [0.25, 0.3) is 0 Å². The van der Waals surface area contributed by atoms with Crippen LogP contribution < -0.4 is 15.7 Å². The number of fused-ring (bicyclic) bond motifs is 1. The molecule has 0 aliphatic carbocycles. The summed E-state index contributed by atoms with van der Waals surface area (Å²) in [5.74, 6) is 0. The number of anilines is 1. The molecule has 0 spiro atoms. The third-order valence-electron chi connectivity index (χ3n) is 4.06. The van der Waals surface area contributed by atoms with Gasteiger partial charge in [-0.3, -0.25) is 0 Å². The molecule has 0 bridgehead atoms. The van der Waals surface area contributed by atoms with Crippen LogP contribution in [0, 0.1) is 6.92 Å². The van der Waals surface area contributed by atoms with E-state index >= 15 is 0 Å². The van der Waals surface area contributed by atoms with Crippen LogP contribution in [0.15, 0.2) is 33.5 Å². The molecule has 0 unspecified atom stereocenters.